The topological polar surface area (TPSA) is 44.5 Å². The van der Waals surface area contributed by atoms with Crippen LogP contribution < -0.4 is 5.73 Å². The second kappa shape index (κ2) is 8.97. The van der Waals surface area contributed by atoms with Crippen molar-refractivity contribution >= 4 is 0 Å². The Labute approximate surface area is 75.2 Å². The molecule has 12 heavy (non-hydrogen) atoms. The number of ether oxygens (including phenoxy) is 2. The lowest BCUT2D eigenvalue weighted by atomic mass is 10.1. The summed E-state index contributed by atoms with van der Waals surface area (Å²) >= 11 is 0. The third kappa shape index (κ3) is 7.98. The number of rotatable bonds is 8. The first kappa shape index (κ1) is 11.9. The molecule has 0 bridgehead atoms. The average Bonchev–Trinajstić information content (AvgIpc) is 2.06. The van der Waals surface area contributed by atoms with Crippen molar-refractivity contribution in [1.82, 2.24) is 0 Å². The van der Waals surface area contributed by atoms with Crippen molar-refractivity contribution in [3.8, 4) is 0 Å². The summed E-state index contributed by atoms with van der Waals surface area (Å²) in [5.74, 6) is 0. The van der Waals surface area contributed by atoms with Crippen molar-refractivity contribution in [1.29, 1.82) is 0 Å². The average molecular weight is 175 g/mol. The molecule has 0 spiro atoms. The molecule has 0 aromatic carbocycles. The molecule has 0 saturated carbocycles. The Hall–Kier alpha value is -0.120. The van der Waals surface area contributed by atoms with Gasteiger partial charge in [0.15, 0.2) is 0 Å². The monoisotopic (exact) mass is 175 g/mol. The molecule has 0 aliphatic heterocycles. The molecule has 0 aromatic heterocycles. The molecule has 74 valence electrons. The largest absolute Gasteiger partial charge is 0.385 e. The van der Waals surface area contributed by atoms with Gasteiger partial charge in [-0.1, -0.05) is 0 Å². The van der Waals surface area contributed by atoms with E-state index in [1.165, 1.54) is 0 Å². The third-order valence-electron chi connectivity index (χ3n) is 1.85. The van der Waals surface area contributed by atoms with Gasteiger partial charge in [0, 0.05) is 33.5 Å². The lowest BCUT2D eigenvalue weighted by Gasteiger charge is -2.10. The van der Waals surface area contributed by atoms with E-state index in [1.807, 2.05) is 0 Å². The molecule has 0 rings (SSSR count). The van der Waals surface area contributed by atoms with Crippen LogP contribution in [-0.2, 0) is 9.47 Å². The summed E-state index contributed by atoms with van der Waals surface area (Å²) in [6.07, 6.45) is 4.23. The Morgan fingerprint density at radius 3 is 1.75 bits per heavy atom. The Kier molecular flexibility index (Phi) is 8.88. The van der Waals surface area contributed by atoms with Crippen molar-refractivity contribution in [3.63, 3.8) is 0 Å². The maximum Gasteiger partial charge on any atom is 0.0462 e. The Morgan fingerprint density at radius 1 is 1.00 bits per heavy atom. The van der Waals surface area contributed by atoms with Crippen molar-refractivity contribution in [2.75, 3.05) is 27.4 Å². The quantitative estimate of drug-likeness (QED) is 0.563. The van der Waals surface area contributed by atoms with Crippen molar-refractivity contribution < 1.29 is 9.47 Å². The summed E-state index contributed by atoms with van der Waals surface area (Å²) in [4.78, 5) is 0. The highest BCUT2D eigenvalue weighted by molar-refractivity contribution is 4.60. The van der Waals surface area contributed by atoms with Gasteiger partial charge in [0.25, 0.3) is 0 Å². The normalized spacial score (nSPS) is 11.0. The standard InChI is InChI=1S/C9H21NO2/c1-11-7-3-5-9(10)6-4-8-12-2/h9H,3-8,10H2,1-2H3. The van der Waals surface area contributed by atoms with Gasteiger partial charge in [0.1, 0.15) is 0 Å². The van der Waals surface area contributed by atoms with Gasteiger partial charge < -0.3 is 15.2 Å². The van der Waals surface area contributed by atoms with E-state index in [0.29, 0.717) is 6.04 Å². The number of nitrogens with two attached hydrogens (primary N) is 1. The molecule has 2 N–H and O–H groups in total. The maximum atomic E-state index is 5.84. The summed E-state index contributed by atoms with van der Waals surface area (Å²) in [6.45, 7) is 1.63. The third-order valence-corrected chi connectivity index (χ3v) is 1.85. The first-order chi connectivity index (χ1) is 5.81. The highest BCUT2D eigenvalue weighted by atomic mass is 16.5. The number of hydrogen-bond acceptors (Lipinski definition) is 3. The zero-order valence-corrected chi connectivity index (χ0v) is 8.21. The van der Waals surface area contributed by atoms with Crippen LogP contribution in [0.5, 0.6) is 0 Å². The second-order valence-electron chi connectivity index (χ2n) is 3.03. The van der Waals surface area contributed by atoms with Gasteiger partial charge >= 0.3 is 0 Å². The summed E-state index contributed by atoms with van der Waals surface area (Å²) < 4.78 is 9.88. The molecular formula is C9H21NO2. The van der Waals surface area contributed by atoms with E-state index >= 15 is 0 Å². The lowest BCUT2D eigenvalue weighted by molar-refractivity contribution is 0.182. The van der Waals surface area contributed by atoms with Crippen LogP contribution >= 0.6 is 0 Å². The van der Waals surface area contributed by atoms with Crippen LogP contribution in [0.15, 0.2) is 0 Å². The smallest absolute Gasteiger partial charge is 0.0462 e. The van der Waals surface area contributed by atoms with Crippen LogP contribution in [0.1, 0.15) is 25.7 Å². The minimum Gasteiger partial charge on any atom is -0.385 e. The molecule has 0 radical (unpaired) electrons. The van der Waals surface area contributed by atoms with Crippen molar-refractivity contribution in [3.05, 3.63) is 0 Å². The van der Waals surface area contributed by atoms with Gasteiger partial charge in [-0.2, -0.15) is 0 Å². The molecule has 0 saturated heterocycles. The van der Waals surface area contributed by atoms with Gasteiger partial charge in [-0.25, -0.2) is 0 Å². The van der Waals surface area contributed by atoms with E-state index in [2.05, 4.69) is 0 Å². The van der Waals surface area contributed by atoms with Crippen LogP contribution in [0.25, 0.3) is 0 Å². The van der Waals surface area contributed by atoms with E-state index in [0.717, 1.165) is 38.9 Å². The zero-order chi connectivity index (χ0) is 9.23. The van der Waals surface area contributed by atoms with Gasteiger partial charge in [-0.15, -0.1) is 0 Å². The molecule has 0 aliphatic rings. The SMILES string of the molecule is COCCCC(N)CCCOC. The fraction of sp³-hybridized carbons (Fsp3) is 1.00. The molecule has 3 nitrogen and oxygen atoms in total. The Balaban J connectivity index is 3.04. The fourth-order valence-electron chi connectivity index (χ4n) is 1.12. The Morgan fingerprint density at radius 2 is 1.42 bits per heavy atom. The van der Waals surface area contributed by atoms with Crippen LogP contribution in [0.2, 0.25) is 0 Å². The zero-order valence-electron chi connectivity index (χ0n) is 8.21. The molecule has 0 aromatic rings. The van der Waals surface area contributed by atoms with Gasteiger partial charge in [-0.3, -0.25) is 0 Å². The molecule has 0 unspecified atom stereocenters. The van der Waals surface area contributed by atoms with E-state index in [-0.39, 0.29) is 0 Å². The summed E-state index contributed by atoms with van der Waals surface area (Å²) in [5.41, 5.74) is 5.84. The van der Waals surface area contributed by atoms with E-state index in [4.69, 9.17) is 15.2 Å². The van der Waals surface area contributed by atoms with Gasteiger partial charge in [0.05, 0.1) is 0 Å². The lowest BCUT2D eigenvalue weighted by Crippen LogP contribution is -2.20. The number of hydrogen-bond donors (Lipinski definition) is 1. The van der Waals surface area contributed by atoms with Crippen LogP contribution in [0.3, 0.4) is 0 Å². The molecule has 0 fully saturated rings. The molecule has 0 atom stereocenters. The predicted octanol–water partition coefficient (Wildman–Crippen LogP) is 1.17. The molecular weight excluding hydrogens is 154 g/mol. The van der Waals surface area contributed by atoms with Crippen LogP contribution in [0, 0.1) is 0 Å². The van der Waals surface area contributed by atoms with E-state index in [9.17, 15) is 0 Å². The number of methoxy groups -OCH3 is 2. The Bertz CT molecular complexity index is 78.6. The first-order valence-corrected chi connectivity index (χ1v) is 4.54. The minimum absolute atomic E-state index is 0.315. The molecule has 0 amide bonds. The highest BCUT2D eigenvalue weighted by Crippen LogP contribution is 2.02. The highest BCUT2D eigenvalue weighted by Gasteiger charge is 2.00. The van der Waals surface area contributed by atoms with Crippen molar-refractivity contribution in [2.45, 2.75) is 31.7 Å². The minimum atomic E-state index is 0.315. The van der Waals surface area contributed by atoms with E-state index < -0.39 is 0 Å². The predicted molar refractivity (Wildman–Crippen MR) is 50.2 cm³/mol. The van der Waals surface area contributed by atoms with E-state index in [1.54, 1.807) is 14.2 Å². The van der Waals surface area contributed by atoms with Gasteiger partial charge in [0.2, 0.25) is 0 Å². The molecule has 0 heterocycles. The summed E-state index contributed by atoms with van der Waals surface area (Å²) in [6, 6.07) is 0.315. The molecule has 3 heteroatoms. The first-order valence-electron chi connectivity index (χ1n) is 4.54. The molecule has 0 aliphatic carbocycles. The van der Waals surface area contributed by atoms with Gasteiger partial charge in [-0.05, 0) is 25.7 Å². The summed E-state index contributed by atoms with van der Waals surface area (Å²) in [7, 11) is 3.44. The summed E-state index contributed by atoms with van der Waals surface area (Å²) in [5, 5.41) is 0. The fourth-order valence-corrected chi connectivity index (χ4v) is 1.12. The van der Waals surface area contributed by atoms with Crippen LogP contribution in [0.4, 0.5) is 0 Å². The maximum absolute atomic E-state index is 5.84. The second-order valence-corrected chi connectivity index (χ2v) is 3.03. The van der Waals surface area contributed by atoms with Crippen molar-refractivity contribution in [2.24, 2.45) is 5.73 Å². The van der Waals surface area contributed by atoms with Crippen LogP contribution in [-0.4, -0.2) is 33.5 Å².